The van der Waals surface area contributed by atoms with Gasteiger partial charge in [0.1, 0.15) is 19.8 Å². The van der Waals surface area contributed by atoms with Gasteiger partial charge in [0.05, 0.1) is 27.7 Å². The molecule has 0 spiro atoms. The Morgan fingerprint density at radius 1 is 0.636 bits per heavy atom. The number of ether oxygens (including phenoxy) is 2. The minimum absolute atomic E-state index is 0.0571. The molecule has 0 saturated heterocycles. The molecule has 1 unspecified atom stereocenters. The minimum atomic E-state index is -4.66. The summed E-state index contributed by atoms with van der Waals surface area (Å²) in [6, 6.07) is 0. The SMILES string of the molecule is CC/C=C\C/C=C\C/C=C\C/C=C\CCCCC(=O)O[C@H](COC(=O)CCCCCCC/C=C\C=C\C(=O)CCCCC)COP(=O)([O-])OCC[N+](C)(C)C. The summed E-state index contributed by atoms with van der Waals surface area (Å²) in [6.07, 6.45) is 39.2. The number of phosphoric acid groups is 1. The van der Waals surface area contributed by atoms with Gasteiger partial charge in [-0.3, -0.25) is 18.9 Å². The third-order valence-electron chi connectivity index (χ3n) is 8.19. The van der Waals surface area contributed by atoms with Crippen molar-refractivity contribution in [1.29, 1.82) is 0 Å². The monoisotopic (exact) mass is 792 g/mol. The van der Waals surface area contributed by atoms with Gasteiger partial charge in [-0.1, -0.05) is 113 Å². The van der Waals surface area contributed by atoms with Crippen LogP contribution in [0.3, 0.4) is 0 Å². The first kappa shape index (κ1) is 52.1. The largest absolute Gasteiger partial charge is 0.756 e. The zero-order valence-corrected chi connectivity index (χ0v) is 35.7. The number of carbonyl (C=O) groups is 3. The van der Waals surface area contributed by atoms with Crippen molar-refractivity contribution in [3.63, 3.8) is 0 Å². The average Bonchev–Trinajstić information content (AvgIpc) is 3.12. The predicted molar refractivity (Wildman–Crippen MR) is 222 cm³/mol. The van der Waals surface area contributed by atoms with Gasteiger partial charge in [0.15, 0.2) is 11.9 Å². The van der Waals surface area contributed by atoms with E-state index in [2.05, 4.69) is 68.5 Å². The number of rotatable bonds is 36. The summed E-state index contributed by atoms with van der Waals surface area (Å²) in [5.74, 6) is -0.781. The van der Waals surface area contributed by atoms with Crippen molar-refractivity contribution in [2.75, 3.05) is 47.5 Å². The first-order valence-corrected chi connectivity index (χ1v) is 22.1. The van der Waals surface area contributed by atoms with Crippen LogP contribution in [0.15, 0.2) is 72.9 Å². The summed E-state index contributed by atoms with van der Waals surface area (Å²) in [5.41, 5.74) is 0. The minimum Gasteiger partial charge on any atom is -0.756 e. The van der Waals surface area contributed by atoms with Crippen molar-refractivity contribution in [2.45, 2.75) is 142 Å². The number of ketones is 1. The maximum atomic E-state index is 12.6. The molecule has 0 aliphatic heterocycles. The Labute approximate surface area is 334 Å². The normalized spacial score (nSPS) is 14.3. The lowest BCUT2D eigenvalue weighted by atomic mass is 10.1. The molecule has 11 heteroatoms. The number of quaternary nitrogens is 1. The molecule has 314 valence electrons. The number of carbonyl (C=O) groups excluding carboxylic acids is 3. The lowest BCUT2D eigenvalue weighted by Crippen LogP contribution is -2.37. The third-order valence-corrected chi connectivity index (χ3v) is 9.15. The van der Waals surface area contributed by atoms with E-state index >= 15 is 0 Å². The highest BCUT2D eigenvalue weighted by atomic mass is 31.2. The van der Waals surface area contributed by atoms with E-state index in [1.807, 2.05) is 33.3 Å². The van der Waals surface area contributed by atoms with Crippen LogP contribution in [0, 0.1) is 0 Å². The van der Waals surface area contributed by atoms with Gasteiger partial charge >= 0.3 is 11.9 Å². The van der Waals surface area contributed by atoms with Gasteiger partial charge in [-0.25, -0.2) is 0 Å². The van der Waals surface area contributed by atoms with E-state index in [0.717, 1.165) is 89.9 Å². The Balaban J connectivity index is 4.55. The van der Waals surface area contributed by atoms with Crippen LogP contribution < -0.4 is 4.89 Å². The summed E-state index contributed by atoms with van der Waals surface area (Å²) in [4.78, 5) is 49.2. The van der Waals surface area contributed by atoms with Gasteiger partial charge in [0.2, 0.25) is 0 Å². The van der Waals surface area contributed by atoms with Gasteiger partial charge in [-0.2, -0.15) is 0 Å². The highest BCUT2D eigenvalue weighted by Crippen LogP contribution is 2.38. The standard InChI is InChI=1S/C44H74NO9P/c1-6-8-10-11-12-13-14-15-16-17-18-21-25-28-32-36-44(48)54-42(40-53-55(49,50)52-38-37-45(3,4)5)39-51-43(47)35-31-27-24-22-19-20-23-26-30-34-41(46)33-29-9-7-2/h8,10,12-13,15-16,18,21,23,26,30,34,42H,6-7,9,11,14,17,19-20,22,24-25,27-29,31-33,35-40H2,1-5H3/b10-8-,13-12-,16-15-,21-18-,26-23-,34-30+/t42-/m1/s1. The number of esters is 2. The number of phosphoric ester groups is 1. The number of allylic oxidation sites excluding steroid dienone is 12. The highest BCUT2D eigenvalue weighted by molar-refractivity contribution is 7.45. The van der Waals surface area contributed by atoms with Crippen molar-refractivity contribution >= 4 is 25.5 Å². The van der Waals surface area contributed by atoms with E-state index in [4.69, 9.17) is 18.5 Å². The van der Waals surface area contributed by atoms with Crippen LogP contribution >= 0.6 is 7.82 Å². The van der Waals surface area contributed by atoms with Gasteiger partial charge in [-0.05, 0) is 76.7 Å². The summed E-state index contributed by atoms with van der Waals surface area (Å²) in [5, 5.41) is 0. The predicted octanol–water partition coefficient (Wildman–Crippen LogP) is 10.0. The third kappa shape index (κ3) is 39.2. The number of unbranched alkanes of at least 4 members (excludes halogenated alkanes) is 9. The fraction of sp³-hybridized carbons (Fsp3) is 0.659. The number of hydrogen-bond donors (Lipinski definition) is 0. The Kier molecular flexibility index (Phi) is 33.7. The van der Waals surface area contributed by atoms with E-state index in [1.165, 1.54) is 0 Å². The molecule has 10 nitrogen and oxygen atoms in total. The lowest BCUT2D eigenvalue weighted by molar-refractivity contribution is -0.870. The number of likely N-dealkylation sites (N-methyl/N-ethyl adjacent to an activating group) is 1. The van der Waals surface area contributed by atoms with Crippen molar-refractivity contribution in [3.05, 3.63) is 72.9 Å². The average molecular weight is 792 g/mol. The molecule has 0 bridgehead atoms. The first-order valence-electron chi connectivity index (χ1n) is 20.6. The van der Waals surface area contributed by atoms with Gasteiger partial charge < -0.3 is 27.9 Å². The topological polar surface area (TPSA) is 128 Å². The van der Waals surface area contributed by atoms with Crippen LogP contribution in [-0.4, -0.2) is 75.8 Å². The van der Waals surface area contributed by atoms with Crippen LogP contribution in [-0.2, 0) is 37.5 Å². The van der Waals surface area contributed by atoms with E-state index in [0.29, 0.717) is 30.3 Å². The van der Waals surface area contributed by atoms with Crippen LogP contribution in [0.5, 0.6) is 0 Å². The fourth-order valence-corrected chi connectivity index (χ4v) is 5.65. The molecule has 0 aromatic rings. The smallest absolute Gasteiger partial charge is 0.306 e. The molecule has 55 heavy (non-hydrogen) atoms. The highest BCUT2D eigenvalue weighted by Gasteiger charge is 2.21. The van der Waals surface area contributed by atoms with E-state index < -0.39 is 32.5 Å². The van der Waals surface area contributed by atoms with Crippen molar-refractivity contribution < 1.29 is 46.8 Å². The summed E-state index contributed by atoms with van der Waals surface area (Å²) < 4.78 is 33.7. The molecular formula is C44H74NO9P. The van der Waals surface area contributed by atoms with Crippen molar-refractivity contribution in [3.8, 4) is 0 Å². The summed E-state index contributed by atoms with van der Waals surface area (Å²) >= 11 is 0. The lowest BCUT2D eigenvalue weighted by Gasteiger charge is -2.28. The van der Waals surface area contributed by atoms with Crippen LogP contribution in [0.4, 0.5) is 0 Å². The molecular weight excluding hydrogens is 717 g/mol. The maximum absolute atomic E-state index is 12.6. The Hall–Kier alpha value is -2.88. The van der Waals surface area contributed by atoms with Gasteiger partial charge in [-0.15, -0.1) is 0 Å². The number of nitrogens with zero attached hydrogens (tertiary/aromatic N) is 1. The maximum Gasteiger partial charge on any atom is 0.306 e. The fourth-order valence-electron chi connectivity index (χ4n) is 4.92. The zero-order valence-electron chi connectivity index (χ0n) is 34.8. The quantitative estimate of drug-likeness (QED) is 0.0116. The van der Waals surface area contributed by atoms with Gasteiger partial charge in [0, 0.05) is 19.3 Å². The van der Waals surface area contributed by atoms with Crippen LogP contribution in [0.25, 0.3) is 0 Å². The number of hydrogen-bond acceptors (Lipinski definition) is 9. The van der Waals surface area contributed by atoms with E-state index in [-0.39, 0.29) is 31.8 Å². The second-order valence-corrected chi connectivity index (χ2v) is 16.1. The molecule has 0 rings (SSSR count). The van der Waals surface area contributed by atoms with E-state index in [9.17, 15) is 23.8 Å². The molecule has 0 heterocycles. The molecule has 0 aliphatic carbocycles. The molecule has 0 saturated carbocycles. The Morgan fingerprint density at radius 3 is 1.87 bits per heavy atom. The molecule has 0 radical (unpaired) electrons. The van der Waals surface area contributed by atoms with Crippen LogP contribution in [0.2, 0.25) is 0 Å². The van der Waals surface area contributed by atoms with E-state index in [1.54, 1.807) is 6.08 Å². The molecule has 0 aliphatic rings. The zero-order chi connectivity index (χ0) is 40.9. The summed E-state index contributed by atoms with van der Waals surface area (Å²) in [7, 11) is 1.07. The summed E-state index contributed by atoms with van der Waals surface area (Å²) in [6.45, 7) is 3.82. The molecule has 0 aromatic carbocycles. The molecule has 0 amide bonds. The molecule has 0 N–H and O–H groups in total. The van der Waals surface area contributed by atoms with Crippen LogP contribution in [0.1, 0.15) is 136 Å². The van der Waals surface area contributed by atoms with Crippen molar-refractivity contribution in [2.24, 2.45) is 0 Å². The van der Waals surface area contributed by atoms with Gasteiger partial charge in [0.25, 0.3) is 7.82 Å². The molecule has 0 aromatic heterocycles. The Bertz CT molecular complexity index is 1230. The molecule has 2 atom stereocenters. The van der Waals surface area contributed by atoms with Crippen molar-refractivity contribution in [1.82, 2.24) is 0 Å². The molecule has 0 fully saturated rings. The second-order valence-electron chi connectivity index (χ2n) is 14.6. The second kappa shape index (κ2) is 35.5. The Morgan fingerprint density at radius 2 is 1.20 bits per heavy atom. The first-order chi connectivity index (χ1) is 26.4.